The Labute approximate surface area is 266 Å². The summed E-state index contributed by atoms with van der Waals surface area (Å²) < 4.78 is 34.3. The summed E-state index contributed by atoms with van der Waals surface area (Å²) in [5.41, 5.74) is 0. The number of likely N-dealkylation sites (N-methyl/N-ethyl adjacent to an activating group) is 1. The van der Waals surface area contributed by atoms with Gasteiger partial charge in [-0.2, -0.15) is 0 Å². The molecule has 0 aromatic heterocycles. The van der Waals surface area contributed by atoms with Gasteiger partial charge in [0, 0.05) is 13.0 Å². The van der Waals surface area contributed by atoms with Crippen molar-refractivity contribution >= 4 is 13.8 Å². The van der Waals surface area contributed by atoms with Gasteiger partial charge in [-0.25, -0.2) is 0 Å². The molecule has 0 N–H and O–H groups in total. The third kappa shape index (κ3) is 32.7. The van der Waals surface area contributed by atoms with Crippen LogP contribution in [-0.4, -0.2) is 70.7 Å². The number of esters is 1. The first-order valence-corrected chi connectivity index (χ1v) is 19.2. The Morgan fingerprint density at radius 2 is 1.07 bits per heavy atom. The van der Waals surface area contributed by atoms with E-state index >= 15 is 0 Å². The number of unbranched alkanes of at least 4 members (excludes halogenated alkanes) is 19. The van der Waals surface area contributed by atoms with Gasteiger partial charge in [0.05, 0.1) is 34.4 Å². The molecular formula is C34H70NO7P. The van der Waals surface area contributed by atoms with Crippen LogP contribution in [-0.2, 0) is 27.9 Å². The van der Waals surface area contributed by atoms with Crippen molar-refractivity contribution in [1.29, 1.82) is 0 Å². The molecule has 0 aliphatic heterocycles. The Balaban J connectivity index is 4.27. The quantitative estimate of drug-likeness (QED) is 0.0308. The Hall–Kier alpha value is -0.500. The van der Waals surface area contributed by atoms with Gasteiger partial charge in [0.15, 0.2) is 0 Å². The largest absolute Gasteiger partial charge is 0.756 e. The molecule has 0 saturated carbocycles. The Morgan fingerprint density at radius 1 is 0.628 bits per heavy atom. The van der Waals surface area contributed by atoms with E-state index in [1.807, 2.05) is 21.1 Å². The van der Waals surface area contributed by atoms with Crippen LogP contribution in [0.3, 0.4) is 0 Å². The lowest BCUT2D eigenvalue weighted by atomic mass is 10.0. The van der Waals surface area contributed by atoms with Gasteiger partial charge in [-0.05, 0) is 12.8 Å². The minimum absolute atomic E-state index is 0.0305. The maximum Gasteiger partial charge on any atom is 0.306 e. The van der Waals surface area contributed by atoms with E-state index in [9.17, 15) is 14.3 Å². The molecule has 2 unspecified atom stereocenters. The van der Waals surface area contributed by atoms with Crippen LogP contribution >= 0.6 is 7.82 Å². The fourth-order valence-electron chi connectivity index (χ4n) is 4.84. The summed E-state index contributed by atoms with van der Waals surface area (Å²) in [6, 6.07) is 0. The summed E-state index contributed by atoms with van der Waals surface area (Å²) >= 11 is 0. The van der Waals surface area contributed by atoms with Crippen molar-refractivity contribution in [3.63, 3.8) is 0 Å². The Morgan fingerprint density at radius 3 is 1.53 bits per heavy atom. The molecule has 0 aromatic rings. The first kappa shape index (κ1) is 42.5. The predicted molar refractivity (Wildman–Crippen MR) is 176 cm³/mol. The third-order valence-electron chi connectivity index (χ3n) is 7.66. The summed E-state index contributed by atoms with van der Waals surface area (Å²) in [7, 11) is 1.37. The lowest BCUT2D eigenvalue weighted by molar-refractivity contribution is -0.870. The van der Waals surface area contributed by atoms with Crippen molar-refractivity contribution in [3.05, 3.63) is 0 Å². The van der Waals surface area contributed by atoms with Crippen LogP contribution in [0.2, 0.25) is 0 Å². The van der Waals surface area contributed by atoms with Gasteiger partial charge in [0.2, 0.25) is 0 Å². The number of hydrogen-bond acceptors (Lipinski definition) is 7. The highest BCUT2D eigenvalue weighted by Crippen LogP contribution is 2.38. The molecule has 258 valence electrons. The highest BCUT2D eigenvalue weighted by atomic mass is 31.2. The Kier molecular flexibility index (Phi) is 28.6. The highest BCUT2D eigenvalue weighted by Gasteiger charge is 2.20. The van der Waals surface area contributed by atoms with E-state index in [1.54, 1.807) is 0 Å². The average molecular weight is 636 g/mol. The SMILES string of the molecule is CCCCCCCCCCCCCCCOCC(COP(=O)([O-])OCC[N+](C)(C)C)OC(=O)CCCCCCCCCC. The van der Waals surface area contributed by atoms with E-state index in [0.29, 0.717) is 24.1 Å². The maximum atomic E-state index is 12.5. The molecule has 0 saturated heterocycles. The van der Waals surface area contributed by atoms with E-state index in [0.717, 1.165) is 32.1 Å². The zero-order valence-electron chi connectivity index (χ0n) is 28.9. The van der Waals surface area contributed by atoms with Gasteiger partial charge in [-0.1, -0.05) is 136 Å². The standard InChI is InChI=1S/C34H70NO7P/c1-6-8-10-12-14-16-17-18-19-20-22-24-26-29-39-31-33(32-41-43(37,38)40-30-28-35(3,4)5)42-34(36)27-25-23-21-15-13-11-9-7-2/h33H,6-32H2,1-5H3. The molecule has 43 heavy (non-hydrogen) atoms. The van der Waals surface area contributed by atoms with E-state index in [1.165, 1.54) is 103 Å². The number of carbonyl (C=O) groups is 1. The van der Waals surface area contributed by atoms with Crippen molar-refractivity contribution in [1.82, 2.24) is 0 Å². The number of phosphoric acid groups is 1. The van der Waals surface area contributed by atoms with Gasteiger partial charge in [-0.15, -0.1) is 0 Å². The van der Waals surface area contributed by atoms with Crippen LogP contribution in [0.1, 0.15) is 155 Å². The lowest BCUT2D eigenvalue weighted by Crippen LogP contribution is -2.37. The van der Waals surface area contributed by atoms with Crippen molar-refractivity contribution in [3.8, 4) is 0 Å². The number of phosphoric ester groups is 1. The van der Waals surface area contributed by atoms with Crippen molar-refractivity contribution in [2.24, 2.45) is 0 Å². The summed E-state index contributed by atoms with van der Waals surface area (Å²) in [5, 5.41) is 0. The molecule has 0 heterocycles. The minimum atomic E-state index is -4.50. The van der Waals surface area contributed by atoms with Gasteiger partial charge in [0.25, 0.3) is 7.82 Å². The molecule has 9 heteroatoms. The molecule has 0 spiro atoms. The molecule has 0 fully saturated rings. The van der Waals surface area contributed by atoms with Crippen LogP contribution in [0.4, 0.5) is 0 Å². The molecule has 0 rings (SSSR count). The lowest BCUT2D eigenvalue weighted by Gasteiger charge is -2.28. The summed E-state index contributed by atoms with van der Waals surface area (Å²) in [4.78, 5) is 24.7. The summed E-state index contributed by atoms with van der Waals surface area (Å²) in [6.07, 6.45) is 25.4. The van der Waals surface area contributed by atoms with E-state index in [2.05, 4.69) is 13.8 Å². The second-order valence-electron chi connectivity index (χ2n) is 13.2. The van der Waals surface area contributed by atoms with E-state index < -0.39 is 13.9 Å². The van der Waals surface area contributed by atoms with Crippen LogP contribution < -0.4 is 4.89 Å². The number of quaternary nitrogens is 1. The topological polar surface area (TPSA) is 94.1 Å². The predicted octanol–water partition coefficient (Wildman–Crippen LogP) is 8.74. The third-order valence-corrected chi connectivity index (χ3v) is 8.62. The molecule has 0 amide bonds. The molecule has 0 aliphatic rings. The van der Waals surface area contributed by atoms with Crippen LogP contribution in [0.5, 0.6) is 0 Å². The molecule has 8 nitrogen and oxygen atoms in total. The molecular weight excluding hydrogens is 565 g/mol. The zero-order valence-corrected chi connectivity index (χ0v) is 29.8. The Bertz CT molecular complexity index is 672. The summed E-state index contributed by atoms with van der Waals surface area (Å²) in [5.74, 6) is -0.337. The van der Waals surface area contributed by atoms with Gasteiger partial charge in [-0.3, -0.25) is 9.36 Å². The fraction of sp³-hybridized carbons (Fsp3) is 0.971. The normalized spacial score (nSPS) is 14.1. The van der Waals surface area contributed by atoms with Crippen molar-refractivity contribution < 1.29 is 37.3 Å². The number of hydrogen-bond donors (Lipinski definition) is 0. The van der Waals surface area contributed by atoms with Crippen LogP contribution in [0, 0.1) is 0 Å². The second-order valence-corrected chi connectivity index (χ2v) is 14.7. The number of rotatable bonds is 33. The molecule has 0 radical (unpaired) electrons. The molecule has 0 aromatic carbocycles. The van der Waals surface area contributed by atoms with Crippen LogP contribution in [0.15, 0.2) is 0 Å². The molecule has 0 bridgehead atoms. The molecule has 0 aliphatic carbocycles. The van der Waals surface area contributed by atoms with Crippen molar-refractivity contribution in [2.75, 3.05) is 54.1 Å². The number of ether oxygens (including phenoxy) is 2. The van der Waals surface area contributed by atoms with Crippen molar-refractivity contribution in [2.45, 2.75) is 161 Å². The number of carbonyl (C=O) groups excluding carboxylic acids is 1. The first-order chi connectivity index (χ1) is 20.6. The first-order valence-electron chi connectivity index (χ1n) is 17.8. The maximum absolute atomic E-state index is 12.5. The second kappa shape index (κ2) is 28.9. The smallest absolute Gasteiger partial charge is 0.306 e. The van der Waals surface area contributed by atoms with Gasteiger partial charge in [0.1, 0.15) is 19.3 Å². The molecule has 2 atom stereocenters. The zero-order chi connectivity index (χ0) is 32.1. The van der Waals surface area contributed by atoms with Gasteiger partial charge >= 0.3 is 5.97 Å². The minimum Gasteiger partial charge on any atom is -0.756 e. The fourth-order valence-corrected chi connectivity index (χ4v) is 5.57. The van der Waals surface area contributed by atoms with E-state index in [4.69, 9.17) is 18.5 Å². The van der Waals surface area contributed by atoms with Gasteiger partial charge < -0.3 is 27.9 Å². The monoisotopic (exact) mass is 635 g/mol. The van der Waals surface area contributed by atoms with Crippen LogP contribution in [0.25, 0.3) is 0 Å². The number of nitrogens with zero attached hydrogens (tertiary/aromatic N) is 1. The average Bonchev–Trinajstić information content (AvgIpc) is 2.94. The summed E-state index contributed by atoms with van der Waals surface area (Å²) in [6.45, 7) is 5.39. The van der Waals surface area contributed by atoms with E-state index in [-0.39, 0.29) is 25.8 Å². The highest BCUT2D eigenvalue weighted by molar-refractivity contribution is 7.45.